The van der Waals surface area contributed by atoms with E-state index in [-0.39, 0.29) is 5.91 Å². The van der Waals surface area contributed by atoms with Crippen LogP contribution in [0.2, 0.25) is 0 Å². The Morgan fingerprint density at radius 2 is 1.96 bits per heavy atom. The van der Waals surface area contributed by atoms with Crippen molar-refractivity contribution >= 4 is 5.91 Å². The first-order valence-electron chi connectivity index (χ1n) is 9.09. The van der Waals surface area contributed by atoms with Crippen molar-refractivity contribution in [2.24, 2.45) is 7.05 Å². The zero-order chi connectivity index (χ0) is 17.4. The van der Waals surface area contributed by atoms with E-state index in [4.69, 9.17) is 0 Å². The molecule has 2 fully saturated rings. The first-order chi connectivity index (χ1) is 12.1. The van der Waals surface area contributed by atoms with Crippen LogP contribution in [0.1, 0.15) is 30.5 Å². The molecule has 0 bridgehead atoms. The average Bonchev–Trinajstić information content (AvgIpc) is 3.20. The summed E-state index contributed by atoms with van der Waals surface area (Å²) >= 11 is 0. The molecule has 2 saturated heterocycles. The normalized spacial score (nSPS) is 20.5. The molecule has 0 radical (unpaired) electrons. The molecule has 25 heavy (non-hydrogen) atoms. The van der Waals surface area contributed by atoms with Crippen LogP contribution in [0.4, 0.5) is 0 Å². The molecule has 4 rings (SSSR count). The third-order valence-corrected chi connectivity index (χ3v) is 5.90. The van der Waals surface area contributed by atoms with Crippen LogP contribution < -0.4 is 0 Å². The number of amides is 1. The second kappa shape index (κ2) is 6.29. The number of rotatable bonds is 4. The number of likely N-dealkylation sites (tertiary alicyclic amines) is 2. The van der Waals surface area contributed by atoms with Gasteiger partial charge in [-0.05, 0) is 32.3 Å². The van der Waals surface area contributed by atoms with Crippen LogP contribution in [0.25, 0.3) is 0 Å². The highest BCUT2D eigenvalue weighted by Crippen LogP contribution is 2.34. The minimum absolute atomic E-state index is 0.250. The number of carbonyl (C=O) groups excluding carboxylic acids is 1. The molecular formula is C18H26N6O. The fraction of sp³-hybridized carbons (Fsp3) is 0.611. The number of aromatic nitrogens is 4. The van der Waals surface area contributed by atoms with E-state index in [1.165, 1.54) is 11.3 Å². The summed E-state index contributed by atoms with van der Waals surface area (Å²) < 4.78 is 3.82. The van der Waals surface area contributed by atoms with Crippen molar-refractivity contribution in [3.05, 3.63) is 35.9 Å². The summed E-state index contributed by atoms with van der Waals surface area (Å²) in [6, 6.07) is 1.91. The smallest absolute Gasteiger partial charge is 0.250 e. The third kappa shape index (κ3) is 2.76. The molecule has 7 heteroatoms. The maximum Gasteiger partial charge on any atom is 0.250 e. The standard InChI is InChI=1S/C18H26N6O/c1-15-16(13-20-21(15)2)14-22-11-5-18(6-12-22,24-10-3-7-19-24)17(25)23-8-4-9-23/h3,7,10,13H,4-6,8-9,11-12,14H2,1-2H3. The van der Waals surface area contributed by atoms with Gasteiger partial charge >= 0.3 is 0 Å². The van der Waals surface area contributed by atoms with Crippen molar-refractivity contribution in [1.29, 1.82) is 0 Å². The SMILES string of the molecule is Cc1c(CN2CCC(C(=O)N3CCC3)(n3cccn3)CC2)cnn1C. The average molecular weight is 342 g/mol. The van der Waals surface area contributed by atoms with Crippen LogP contribution >= 0.6 is 0 Å². The summed E-state index contributed by atoms with van der Waals surface area (Å²) in [5.74, 6) is 0.250. The highest BCUT2D eigenvalue weighted by Gasteiger charge is 2.46. The van der Waals surface area contributed by atoms with Gasteiger partial charge in [0.05, 0.1) is 6.20 Å². The van der Waals surface area contributed by atoms with Gasteiger partial charge in [0, 0.05) is 63.4 Å². The highest BCUT2D eigenvalue weighted by molar-refractivity contribution is 5.85. The minimum Gasteiger partial charge on any atom is -0.340 e. The van der Waals surface area contributed by atoms with Gasteiger partial charge in [-0.25, -0.2) is 0 Å². The maximum absolute atomic E-state index is 13.2. The van der Waals surface area contributed by atoms with Crippen molar-refractivity contribution in [2.75, 3.05) is 26.2 Å². The van der Waals surface area contributed by atoms with Gasteiger partial charge in [-0.15, -0.1) is 0 Å². The van der Waals surface area contributed by atoms with E-state index in [2.05, 4.69) is 22.0 Å². The molecule has 1 amide bonds. The zero-order valence-electron chi connectivity index (χ0n) is 15.1. The predicted octanol–water partition coefficient (Wildman–Crippen LogP) is 1.15. The van der Waals surface area contributed by atoms with E-state index in [0.717, 1.165) is 52.0 Å². The molecule has 2 aromatic heterocycles. The van der Waals surface area contributed by atoms with Crippen molar-refractivity contribution in [3.63, 3.8) is 0 Å². The van der Waals surface area contributed by atoms with E-state index in [0.29, 0.717) is 0 Å². The topological polar surface area (TPSA) is 59.2 Å². The molecule has 0 N–H and O–H groups in total. The zero-order valence-corrected chi connectivity index (χ0v) is 15.1. The lowest BCUT2D eigenvalue weighted by Crippen LogP contribution is -2.59. The van der Waals surface area contributed by atoms with Gasteiger partial charge in [-0.3, -0.25) is 19.1 Å². The molecule has 0 aliphatic carbocycles. The molecule has 0 saturated carbocycles. The molecule has 4 heterocycles. The first-order valence-corrected chi connectivity index (χ1v) is 9.09. The van der Waals surface area contributed by atoms with Crippen LogP contribution in [0.5, 0.6) is 0 Å². The lowest BCUT2D eigenvalue weighted by atomic mass is 9.85. The Labute approximate surface area is 148 Å². The van der Waals surface area contributed by atoms with Gasteiger partial charge in [0.2, 0.25) is 0 Å². The van der Waals surface area contributed by atoms with E-state index in [9.17, 15) is 4.79 Å². The fourth-order valence-corrected chi connectivity index (χ4v) is 3.90. The third-order valence-electron chi connectivity index (χ3n) is 5.90. The second-order valence-electron chi connectivity index (χ2n) is 7.28. The molecule has 0 aromatic carbocycles. The van der Waals surface area contributed by atoms with E-state index in [1.807, 2.05) is 39.8 Å². The molecule has 7 nitrogen and oxygen atoms in total. The number of carbonyl (C=O) groups is 1. The molecule has 2 aromatic rings. The Bertz CT molecular complexity index is 738. The number of hydrogen-bond donors (Lipinski definition) is 0. The van der Waals surface area contributed by atoms with E-state index >= 15 is 0 Å². The monoisotopic (exact) mass is 342 g/mol. The van der Waals surface area contributed by atoms with Crippen molar-refractivity contribution in [2.45, 2.75) is 38.3 Å². The number of hydrogen-bond acceptors (Lipinski definition) is 4. The quantitative estimate of drug-likeness (QED) is 0.836. The minimum atomic E-state index is -0.510. The van der Waals surface area contributed by atoms with Crippen molar-refractivity contribution < 1.29 is 4.79 Å². The maximum atomic E-state index is 13.2. The lowest BCUT2D eigenvalue weighted by Gasteiger charge is -2.45. The van der Waals surface area contributed by atoms with Crippen molar-refractivity contribution in [3.8, 4) is 0 Å². The summed E-state index contributed by atoms with van der Waals surface area (Å²) in [7, 11) is 1.98. The Kier molecular flexibility index (Phi) is 4.11. The summed E-state index contributed by atoms with van der Waals surface area (Å²) in [5, 5.41) is 8.77. The van der Waals surface area contributed by atoms with Crippen LogP contribution in [-0.4, -0.2) is 61.4 Å². The molecule has 0 atom stereocenters. The number of piperidine rings is 1. The van der Waals surface area contributed by atoms with Crippen LogP contribution in [-0.2, 0) is 23.9 Å². The molecule has 0 spiro atoms. The summed E-state index contributed by atoms with van der Waals surface area (Å²) in [5.41, 5.74) is 1.97. The largest absolute Gasteiger partial charge is 0.340 e. The van der Waals surface area contributed by atoms with E-state index in [1.54, 1.807) is 6.20 Å². The molecular weight excluding hydrogens is 316 g/mol. The summed E-state index contributed by atoms with van der Waals surface area (Å²) in [6.45, 7) is 6.57. The number of aryl methyl sites for hydroxylation is 1. The first kappa shape index (κ1) is 16.3. The second-order valence-corrected chi connectivity index (χ2v) is 7.28. The molecule has 2 aliphatic rings. The molecule has 134 valence electrons. The Balaban J connectivity index is 1.50. The van der Waals surface area contributed by atoms with Crippen LogP contribution in [0, 0.1) is 6.92 Å². The van der Waals surface area contributed by atoms with Gasteiger partial charge in [-0.1, -0.05) is 0 Å². The van der Waals surface area contributed by atoms with Gasteiger partial charge in [0.1, 0.15) is 5.54 Å². The Morgan fingerprint density at radius 1 is 1.20 bits per heavy atom. The van der Waals surface area contributed by atoms with Crippen molar-refractivity contribution in [1.82, 2.24) is 29.4 Å². The fourth-order valence-electron chi connectivity index (χ4n) is 3.90. The molecule has 2 aliphatic heterocycles. The summed E-state index contributed by atoms with van der Waals surface area (Å²) in [6.07, 6.45) is 8.41. The van der Waals surface area contributed by atoms with Gasteiger partial charge < -0.3 is 4.90 Å². The Hall–Kier alpha value is -2.15. The predicted molar refractivity (Wildman–Crippen MR) is 93.9 cm³/mol. The number of nitrogens with zero attached hydrogens (tertiary/aromatic N) is 6. The lowest BCUT2D eigenvalue weighted by molar-refractivity contribution is -0.148. The van der Waals surface area contributed by atoms with Gasteiger partial charge in [-0.2, -0.15) is 10.2 Å². The van der Waals surface area contributed by atoms with E-state index < -0.39 is 5.54 Å². The Morgan fingerprint density at radius 3 is 2.48 bits per heavy atom. The van der Waals surface area contributed by atoms with Crippen LogP contribution in [0.15, 0.2) is 24.7 Å². The summed E-state index contributed by atoms with van der Waals surface area (Å²) in [4.78, 5) is 17.6. The van der Waals surface area contributed by atoms with Gasteiger partial charge in [0.15, 0.2) is 0 Å². The molecule has 0 unspecified atom stereocenters. The van der Waals surface area contributed by atoms with Gasteiger partial charge in [0.25, 0.3) is 5.91 Å². The van der Waals surface area contributed by atoms with Crippen LogP contribution in [0.3, 0.4) is 0 Å². The highest BCUT2D eigenvalue weighted by atomic mass is 16.2.